The molecule has 0 radical (unpaired) electrons. The van der Waals surface area contributed by atoms with Crippen LogP contribution in [0.15, 0.2) is 24.3 Å². The number of hydrogen-bond donors (Lipinski definition) is 1. The third kappa shape index (κ3) is 3.82. The first-order valence-electron chi connectivity index (χ1n) is 10.2. The zero-order valence-corrected chi connectivity index (χ0v) is 16.7. The second-order valence-corrected chi connectivity index (χ2v) is 8.21. The van der Waals surface area contributed by atoms with E-state index in [1.807, 2.05) is 0 Å². The molecule has 1 aromatic heterocycles. The first-order chi connectivity index (χ1) is 13.0. The number of fused-ring (bicyclic) bond motifs is 1. The van der Waals surface area contributed by atoms with Crippen LogP contribution in [-0.2, 0) is 11.3 Å². The lowest BCUT2D eigenvalue weighted by Gasteiger charge is -2.44. The van der Waals surface area contributed by atoms with Gasteiger partial charge in [-0.3, -0.25) is 4.90 Å². The van der Waals surface area contributed by atoms with Gasteiger partial charge in [0, 0.05) is 43.2 Å². The van der Waals surface area contributed by atoms with Crippen LogP contribution < -0.4 is 4.90 Å². The third-order valence-electron chi connectivity index (χ3n) is 6.00. The largest absolute Gasteiger partial charge is 0.392 e. The molecule has 0 amide bonds. The standard InChI is InChI=1S/C22H31N3O2/c1-15-5-4-6-18-11-19(14-26)22(23-21(15)18)24-9-7-20(8-10-24)25-12-16(2)27-17(3)13-25/h4-6,11,16-17,20,26H,7-10,12-14H2,1-3H3/t16-,17+. The van der Waals surface area contributed by atoms with Gasteiger partial charge in [0.25, 0.3) is 0 Å². The van der Waals surface area contributed by atoms with Crippen LogP contribution in [0.2, 0.25) is 0 Å². The number of aryl methyl sites for hydroxylation is 1. The van der Waals surface area contributed by atoms with Crippen molar-refractivity contribution in [1.82, 2.24) is 9.88 Å². The van der Waals surface area contributed by atoms with Crippen molar-refractivity contribution in [3.8, 4) is 0 Å². The predicted molar refractivity (Wildman–Crippen MR) is 109 cm³/mol. The Morgan fingerprint density at radius 3 is 2.52 bits per heavy atom. The smallest absolute Gasteiger partial charge is 0.134 e. The molecule has 1 aromatic carbocycles. The van der Waals surface area contributed by atoms with Crippen LogP contribution in [0.1, 0.15) is 37.8 Å². The van der Waals surface area contributed by atoms with Gasteiger partial charge in [-0.15, -0.1) is 0 Å². The van der Waals surface area contributed by atoms with Crippen LogP contribution in [0.3, 0.4) is 0 Å². The zero-order chi connectivity index (χ0) is 19.0. The van der Waals surface area contributed by atoms with Crippen molar-refractivity contribution in [2.45, 2.75) is 58.5 Å². The number of aliphatic hydroxyl groups is 1. The van der Waals surface area contributed by atoms with Gasteiger partial charge in [0.1, 0.15) is 5.82 Å². The quantitative estimate of drug-likeness (QED) is 0.901. The molecule has 2 atom stereocenters. The van der Waals surface area contributed by atoms with Crippen molar-refractivity contribution in [2.75, 3.05) is 31.1 Å². The van der Waals surface area contributed by atoms with E-state index in [-0.39, 0.29) is 6.61 Å². The molecule has 0 aliphatic carbocycles. The molecule has 0 bridgehead atoms. The molecule has 2 aliphatic rings. The molecule has 4 rings (SSSR count). The fourth-order valence-corrected chi connectivity index (χ4v) is 4.73. The summed E-state index contributed by atoms with van der Waals surface area (Å²) in [5.41, 5.74) is 3.16. The summed E-state index contributed by atoms with van der Waals surface area (Å²) in [5.74, 6) is 0.960. The maximum absolute atomic E-state index is 9.90. The number of aliphatic hydroxyl groups excluding tert-OH is 1. The fraction of sp³-hybridized carbons (Fsp3) is 0.591. The van der Waals surface area contributed by atoms with E-state index in [0.717, 1.165) is 61.3 Å². The molecule has 2 aliphatic heterocycles. The van der Waals surface area contributed by atoms with E-state index in [4.69, 9.17) is 9.72 Å². The van der Waals surface area contributed by atoms with E-state index in [2.05, 4.69) is 54.8 Å². The number of aromatic nitrogens is 1. The average Bonchev–Trinajstić information content (AvgIpc) is 2.67. The molecule has 0 unspecified atom stereocenters. The highest BCUT2D eigenvalue weighted by Crippen LogP contribution is 2.29. The summed E-state index contributed by atoms with van der Waals surface area (Å²) in [5, 5.41) is 11.0. The van der Waals surface area contributed by atoms with E-state index in [1.54, 1.807) is 0 Å². The van der Waals surface area contributed by atoms with Gasteiger partial charge in [0.05, 0.1) is 24.3 Å². The van der Waals surface area contributed by atoms with Crippen molar-refractivity contribution in [3.05, 3.63) is 35.4 Å². The SMILES string of the molecule is Cc1cccc2cc(CO)c(N3CCC(N4C[C@@H](C)O[C@@H](C)C4)CC3)nc12. The Morgan fingerprint density at radius 1 is 1.15 bits per heavy atom. The number of piperidine rings is 1. The molecular formula is C22H31N3O2. The van der Waals surface area contributed by atoms with Gasteiger partial charge < -0.3 is 14.7 Å². The highest BCUT2D eigenvalue weighted by molar-refractivity contribution is 5.84. The van der Waals surface area contributed by atoms with Crippen LogP contribution in [0.25, 0.3) is 10.9 Å². The number of morpholine rings is 1. The minimum atomic E-state index is 0.0324. The highest BCUT2D eigenvalue weighted by atomic mass is 16.5. The number of ether oxygens (including phenoxy) is 1. The van der Waals surface area contributed by atoms with Gasteiger partial charge in [0.2, 0.25) is 0 Å². The number of nitrogens with zero attached hydrogens (tertiary/aromatic N) is 3. The molecular weight excluding hydrogens is 338 g/mol. The lowest BCUT2D eigenvalue weighted by atomic mass is 10.0. The van der Waals surface area contributed by atoms with Crippen molar-refractivity contribution in [2.24, 2.45) is 0 Å². The van der Waals surface area contributed by atoms with Crippen LogP contribution in [0, 0.1) is 6.92 Å². The molecule has 1 N–H and O–H groups in total. The van der Waals surface area contributed by atoms with Crippen molar-refractivity contribution in [1.29, 1.82) is 0 Å². The molecule has 5 heteroatoms. The molecule has 0 saturated carbocycles. The Bertz CT molecular complexity index is 791. The van der Waals surface area contributed by atoms with Gasteiger partial charge in [0.15, 0.2) is 0 Å². The minimum absolute atomic E-state index is 0.0324. The van der Waals surface area contributed by atoms with Gasteiger partial charge in [-0.1, -0.05) is 18.2 Å². The molecule has 3 heterocycles. The van der Waals surface area contributed by atoms with E-state index < -0.39 is 0 Å². The number of rotatable bonds is 3. The van der Waals surface area contributed by atoms with Crippen molar-refractivity contribution >= 4 is 16.7 Å². The normalized spacial score (nSPS) is 25.3. The number of anilines is 1. The summed E-state index contributed by atoms with van der Waals surface area (Å²) >= 11 is 0. The Labute approximate surface area is 161 Å². The second-order valence-electron chi connectivity index (χ2n) is 8.21. The second kappa shape index (κ2) is 7.74. The minimum Gasteiger partial charge on any atom is -0.392 e. The van der Waals surface area contributed by atoms with Crippen molar-refractivity contribution < 1.29 is 9.84 Å². The lowest BCUT2D eigenvalue weighted by molar-refractivity contribution is -0.0826. The molecule has 146 valence electrons. The summed E-state index contributed by atoms with van der Waals surface area (Å²) in [4.78, 5) is 9.94. The van der Waals surface area contributed by atoms with Gasteiger partial charge >= 0.3 is 0 Å². The Hall–Kier alpha value is -1.69. The molecule has 27 heavy (non-hydrogen) atoms. The summed E-state index contributed by atoms with van der Waals surface area (Å²) in [6.45, 7) is 10.5. The van der Waals surface area contributed by atoms with Gasteiger partial charge in [-0.2, -0.15) is 0 Å². The van der Waals surface area contributed by atoms with Gasteiger partial charge in [-0.05, 0) is 45.2 Å². The van der Waals surface area contributed by atoms with Crippen LogP contribution >= 0.6 is 0 Å². The van der Waals surface area contributed by atoms with Crippen LogP contribution in [0.5, 0.6) is 0 Å². The Kier molecular flexibility index (Phi) is 5.35. The van der Waals surface area contributed by atoms with E-state index in [9.17, 15) is 5.11 Å². The average molecular weight is 370 g/mol. The third-order valence-corrected chi connectivity index (χ3v) is 6.00. The molecule has 0 spiro atoms. The Morgan fingerprint density at radius 2 is 1.85 bits per heavy atom. The number of hydrogen-bond acceptors (Lipinski definition) is 5. The van der Waals surface area contributed by atoms with E-state index >= 15 is 0 Å². The summed E-state index contributed by atoms with van der Waals surface area (Å²) < 4.78 is 5.89. The zero-order valence-electron chi connectivity index (χ0n) is 16.7. The maximum atomic E-state index is 9.90. The van der Waals surface area contributed by atoms with E-state index in [0.29, 0.717) is 18.2 Å². The molecule has 5 nitrogen and oxygen atoms in total. The predicted octanol–water partition coefficient (Wildman–Crippen LogP) is 3.11. The fourth-order valence-electron chi connectivity index (χ4n) is 4.73. The van der Waals surface area contributed by atoms with Crippen LogP contribution in [-0.4, -0.2) is 59.4 Å². The summed E-state index contributed by atoms with van der Waals surface area (Å²) in [7, 11) is 0. The lowest BCUT2D eigenvalue weighted by Crippen LogP contribution is -2.53. The van der Waals surface area contributed by atoms with Crippen molar-refractivity contribution in [3.63, 3.8) is 0 Å². The highest BCUT2D eigenvalue weighted by Gasteiger charge is 2.31. The van der Waals surface area contributed by atoms with Crippen LogP contribution in [0.4, 0.5) is 5.82 Å². The van der Waals surface area contributed by atoms with Gasteiger partial charge in [-0.25, -0.2) is 4.98 Å². The first-order valence-corrected chi connectivity index (χ1v) is 10.2. The molecule has 2 fully saturated rings. The monoisotopic (exact) mass is 369 g/mol. The number of pyridine rings is 1. The number of benzene rings is 1. The maximum Gasteiger partial charge on any atom is 0.134 e. The molecule has 2 aromatic rings. The summed E-state index contributed by atoms with van der Waals surface area (Å²) in [6.07, 6.45) is 2.91. The molecule has 2 saturated heterocycles. The Balaban J connectivity index is 1.51. The topological polar surface area (TPSA) is 48.8 Å². The number of para-hydroxylation sites is 1. The summed E-state index contributed by atoms with van der Waals surface area (Å²) in [6, 6.07) is 8.95. The van der Waals surface area contributed by atoms with E-state index in [1.165, 1.54) is 5.56 Å². The first kappa shape index (κ1) is 18.7.